The average molecular weight is 468 g/mol. The predicted molar refractivity (Wildman–Crippen MR) is 132 cm³/mol. The molecule has 8 heteroatoms. The van der Waals surface area contributed by atoms with Crippen LogP contribution in [0.3, 0.4) is 0 Å². The molecule has 1 aliphatic heterocycles. The van der Waals surface area contributed by atoms with Crippen molar-refractivity contribution in [3.63, 3.8) is 0 Å². The van der Waals surface area contributed by atoms with Crippen molar-refractivity contribution in [2.24, 2.45) is 0 Å². The third-order valence-corrected chi connectivity index (χ3v) is 6.07. The number of aromatic nitrogens is 3. The summed E-state index contributed by atoms with van der Waals surface area (Å²) in [6.45, 7) is 1.79. The van der Waals surface area contributed by atoms with Crippen LogP contribution in [0.15, 0.2) is 85.3 Å². The van der Waals surface area contributed by atoms with Crippen LogP contribution in [-0.4, -0.2) is 69.7 Å². The number of methoxy groups -OCH3 is 1. The lowest BCUT2D eigenvalue weighted by Gasteiger charge is -2.34. The van der Waals surface area contributed by atoms with Gasteiger partial charge in [-0.3, -0.25) is 14.6 Å². The molecule has 0 radical (unpaired) electrons. The summed E-state index contributed by atoms with van der Waals surface area (Å²) < 4.78 is 6.96. The molecule has 0 bridgehead atoms. The molecule has 3 heterocycles. The van der Waals surface area contributed by atoms with Crippen LogP contribution >= 0.6 is 0 Å². The quantitative estimate of drug-likeness (QED) is 0.449. The van der Waals surface area contributed by atoms with Gasteiger partial charge >= 0.3 is 0 Å². The number of rotatable bonds is 5. The third-order valence-electron chi connectivity index (χ3n) is 6.07. The Labute approximate surface area is 203 Å². The van der Waals surface area contributed by atoms with Gasteiger partial charge in [-0.25, -0.2) is 4.68 Å². The smallest absolute Gasteiger partial charge is 0.257 e. The molecule has 1 fully saturated rings. The summed E-state index contributed by atoms with van der Waals surface area (Å²) in [6.07, 6.45) is 5.17. The number of benzene rings is 2. The highest BCUT2D eigenvalue weighted by molar-refractivity contribution is 6.00. The SMILES string of the molecule is COc1cccc(C(=O)N2CCN(C(=O)c3cn(-c4ccccc4)nc3-c3cccnc3)CC2)c1. The molecule has 0 saturated carbocycles. The van der Waals surface area contributed by atoms with Gasteiger partial charge in [-0.2, -0.15) is 5.10 Å². The molecule has 35 heavy (non-hydrogen) atoms. The number of amides is 2. The van der Waals surface area contributed by atoms with Gasteiger partial charge in [0.05, 0.1) is 18.4 Å². The van der Waals surface area contributed by atoms with E-state index < -0.39 is 0 Å². The highest BCUT2D eigenvalue weighted by atomic mass is 16.5. The molecule has 4 aromatic rings. The maximum absolute atomic E-state index is 13.6. The monoisotopic (exact) mass is 467 g/mol. The zero-order valence-corrected chi connectivity index (χ0v) is 19.4. The first-order valence-corrected chi connectivity index (χ1v) is 11.4. The first kappa shape index (κ1) is 22.3. The molecule has 0 unspecified atom stereocenters. The number of piperazine rings is 1. The van der Waals surface area contributed by atoms with Gasteiger partial charge in [-0.1, -0.05) is 24.3 Å². The van der Waals surface area contributed by atoms with E-state index in [9.17, 15) is 9.59 Å². The van der Waals surface area contributed by atoms with Crippen LogP contribution in [0.5, 0.6) is 5.75 Å². The summed E-state index contributed by atoms with van der Waals surface area (Å²) in [4.78, 5) is 34.3. The molecule has 0 atom stereocenters. The lowest BCUT2D eigenvalue weighted by Crippen LogP contribution is -2.50. The second-order valence-corrected chi connectivity index (χ2v) is 8.23. The van der Waals surface area contributed by atoms with Crippen LogP contribution in [0.4, 0.5) is 0 Å². The Balaban J connectivity index is 1.36. The molecule has 2 amide bonds. The van der Waals surface area contributed by atoms with Gasteiger partial charge in [0.2, 0.25) is 0 Å². The molecular weight excluding hydrogens is 442 g/mol. The zero-order valence-electron chi connectivity index (χ0n) is 19.4. The van der Waals surface area contributed by atoms with Crippen LogP contribution in [-0.2, 0) is 0 Å². The Morgan fingerprint density at radius 3 is 2.29 bits per heavy atom. The van der Waals surface area contributed by atoms with Gasteiger partial charge in [0, 0.05) is 55.9 Å². The highest BCUT2D eigenvalue weighted by Crippen LogP contribution is 2.25. The largest absolute Gasteiger partial charge is 0.497 e. The molecule has 1 saturated heterocycles. The molecule has 0 spiro atoms. The summed E-state index contributed by atoms with van der Waals surface area (Å²) >= 11 is 0. The average Bonchev–Trinajstić information content (AvgIpc) is 3.39. The first-order chi connectivity index (χ1) is 17.1. The van der Waals surface area contributed by atoms with Gasteiger partial charge in [0.1, 0.15) is 11.4 Å². The summed E-state index contributed by atoms with van der Waals surface area (Å²) in [5.74, 6) is 0.464. The number of hydrogen-bond donors (Lipinski definition) is 0. The van der Waals surface area contributed by atoms with E-state index in [0.717, 1.165) is 11.3 Å². The molecule has 2 aromatic carbocycles. The Morgan fingerprint density at radius 1 is 0.857 bits per heavy atom. The van der Waals surface area contributed by atoms with E-state index in [2.05, 4.69) is 4.98 Å². The summed E-state index contributed by atoms with van der Waals surface area (Å²) in [6, 6.07) is 20.5. The van der Waals surface area contributed by atoms with Crippen LogP contribution < -0.4 is 4.74 Å². The second kappa shape index (κ2) is 9.80. The van der Waals surface area contributed by atoms with Crippen molar-refractivity contribution in [3.05, 3.63) is 96.4 Å². The van der Waals surface area contributed by atoms with Gasteiger partial charge in [-0.15, -0.1) is 0 Å². The van der Waals surface area contributed by atoms with E-state index in [1.54, 1.807) is 58.4 Å². The van der Waals surface area contributed by atoms with E-state index >= 15 is 0 Å². The van der Waals surface area contributed by atoms with Crippen LogP contribution in [0, 0.1) is 0 Å². The second-order valence-electron chi connectivity index (χ2n) is 8.23. The van der Waals surface area contributed by atoms with Gasteiger partial charge in [0.25, 0.3) is 11.8 Å². The zero-order chi connectivity index (χ0) is 24.2. The Morgan fingerprint density at radius 2 is 1.60 bits per heavy atom. The lowest BCUT2D eigenvalue weighted by atomic mass is 10.1. The van der Waals surface area contributed by atoms with Gasteiger partial charge < -0.3 is 14.5 Å². The minimum absolute atomic E-state index is 0.0658. The van der Waals surface area contributed by atoms with Crippen molar-refractivity contribution >= 4 is 11.8 Å². The third kappa shape index (κ3) is 4.63. The number of hydrogen-bond acceptors (Lipinski definition) is 5. The van der Waals surface area contributed by atoms with Crippen molar-refractivity contribution in [2.45, 2.75) is 0 Å². The fourth-order valence-corrected chi connectivity index (χ4v) is 4.18. The standard InChI is InChI=1S/C27H25N5O3/c1-35-23-11-5-7-20(17-23)26(33)30-13-15-31(16-14-30)27(34)24-19-32(22-9-3-2-4-10-22)29-25(24)21-8-6-12-28-18-21/h2-12,17-19H,13-16H2,1H3. The van der Waals surface area contributed by atoms with Crippen molar-refractivity contribution < 1.29 is 14.3 Å². The summed E-state index contributed by atoms with van der Waals surface area (Å²) in [5.41, 5.74) is 3.31. The predicted octanol–water partition coefficient (Wildman–Crippen LogP) is 3.54. The van der Waals surface area contributed by atoms with E-state index in [0.29, 0.717) is 48.7 Å². The number of para-hydroxylation sites is 1. The number of ether oxygens (including phenoxy) is 1. The highest BCUT2D eigenvalue weighted by Gasteiger charge is 2.28. The van der Waals surface area contributed by atoms with Crippen LogP contribution in [0.25, 0.3) is 16.9 Å². The first-order valence-electron chi connectivity index (χ1n) is 11.4. The topological polar surface area (TPSA) is 80.6 Å². The Hall–Kier alpha value is -4.46. The number of nitrogens with zero attached hydrogens (tertiary/aromatic N) is 5. The summed E-state index contributed by atoms with van der Waals surface area (Å²) in [5, 5.41) is 4.72. The Bertz CT molecular complexity index is 1330. The molecule has 2 aromatic heterocycles. The molecule has 1 aliphatic rings. The maximum atomic E-state index is 13.6. The fourth-order valence-electron chi connectivity index (χ4n) is 4.18. The van der Waals surface area contributed by atoms with E-state index in [1.165, 1.54) is 0 Å². The molecular formula is C27H25N5O3. The van der Waals surface area contributed by atoms with Crippen molar-refractivity contribution in [3.8, 4) is 22.7 Å². The minimum Gasteiger partial charge on any atom is -0.497 e. The molecule has 176 valence electrons. The molecule has 5 rings (SSSR count). The Kier molecular flexibility index (Phi) is 6.26. The van der Waals surface area contributed by atoms with E-state index in [-0.39, 0.29) is 11.8 Å². The number of pyridine rings is 1. The lowest BCUT2D eigenvalue weighted by molar-refractivity contribution is 0.0535. The summed E-state index contributed by atoms with van der Waals surface area (Å²) in [7, 11) is 1.58. The van der Waals surface area contributed by atoms with Crippen molar-refractivity contribution in [2.75, 3.05) is 33.3 Å². The minimum atomic E-state index is -0.112. The van der Waals surface area contributed by atoms with E-state index in [4.69, 9.17) is 9.84 Å². The number of carbonyl (C=O) groups is 2. The van der Waals surface area contributed by atoms with Gasteiger partial charge in [-0.05, 0) is 42.5 Å². The molecule has 0 N–H and O–H groups in total. The van der Waals surface area contributed by atoms with Crippen LogP contribution in [0.2, 0.25) is 0 Å². The maximum Gasteiger partial charge on any atom is 0.257 e. The number of carbonyl (C=O) groups excluding carboxylic acids is 2. The van der Waals surface area contributed by atoms with Gasteiger partial charge in [0.15, 0.2) is 0 Å². The van der Waals surface area contributed by atoms with E-state index in [1.807, 2.05) is 48.5 Å². The van der Waals surface area contributed by atoms with Crippen LogP contribution in [0.1, 0.15) is 20.7 Å². The molecule has 8 nitrogen and oxygen atoms in total. The van der Waals surface area contributed by atoms with Crippen molar-refractivity contribution in [1.82, 2.24) is 24.6 Å². The normalized spacial score (nSPS) is 13.5. The fraction of sp³-hybridized carbons (Fsp3) is 0.185. The van der Waals surface area contributed by atoms with Crippen molar-refractivity contribution in [1.29, 1.82) is 0 Å². The molecule has 0 aliphatic carbocycles.